The minimum Gasteiger partial charge on any atom is -0.468 e. The van der Waals surface area contributed by atoms with Crippen LogP contribution in [-0.4, -0.2) is 18.0 Å². The number of likely N-dealkylation sites (N-methyl/N-ethyl adjacent to an activating group) is 1. The van der Waals surface area contributed by atoms with Gasteiger partial charge in [0.05, 0.1) is 12.3 Å². The molecule has 0 bridgehead atoms. The van der Waals surface area contributed by atoms with E-state index in [0.717, 1.165) is 10.8 Å². The maximum Gasteiger partial charge on any atom is 0.122 e. The van der Waals surface area contributed by atoms with Gasteiger partial charge in [0.2, 0.25) is 0 Å². The topological polar surface area (TPSA) is 42.4 Å². The van der Waals surface area contributed by atoms with Crippen LogP contribution in [0, 0.1) is 0 Å². The Hall–Kier alpha value is -1.29. The molecule has 2 rings (SSSR count). The molecule has 0 amide bonds. The van der Waals surface area contributed by atoms with Gasteiger partial charge in [-0.05, 0) is 50.7 Å². The van der Waals surface area contributed by atoms with Crippen molar-refractivity contribution in [2.45, 2.75) is 32.0 Å². The minimum absolute atomic E-state index is 0.0269. The molecule has 3 unspecified atom stereocenters. The van der Waals surface area contributed by atoms with E-state index in [2.05, 4.69) is 18.9 Å². The Labute approximate surface area is 125 Å². The van der Waals surface area contributed by atoms with Gasteiger partial charge in [-0.1, -0.05) is 23.7 Å². The lowest BCUT2D eigenvalue weighted by atomic mass is 10.0. The molecule has 1 aromatic heterocycles. The zero-order chi connectivity index (χ0) is 14.7. The number of benzene rings is 1. The molecule has 0 aliphatic carbocycles. The van der Waals surface area contributed by atoms with Crippen LogP contribution in [-0.2, 0) is 0 Å². The monoisotopic (exact) mass is 292 g/mol. The van der Waals surface area contributed by atoms with Crippen molar-refractivity contribution in [1.29, 1.82) is 0 Å². The van der Waals surface area contributed by atoms with Gasteiger partial charge in [-0.3, -0.25) is 4.90 Å². The Morgan fingerprint density at radius 3 is 2.30 bits per heavy atom. The fourth-order valence-electron chi connectivity index (χ4n) is 2.51. The van der Waals surface area contributed by atoms with Crippen molar-refractivity contribution in [3.8, 4) is 0 Å². The molecule has 2 N–H and O–H groups in total. The predicted molar refractivity (Wildman–Crippen MR) is 82.7 cm³/mol. The number of hydrogen-bond donors (Lipinski definition) is 1. The maximum atomic E-state index is 6.15. The molecule has 108 valence electrons. The molecule has 3 atom stereocenters. The van der Waals surface area contributed by atoms with Gasteiger partial charge in [-0.15, -0.1) is 0 Å². The van der Waals surface area contributed by atoms with Crippen molar-refractivity contribution in [3.63, 3.8) is 0 Å². The third kappa shape index (κ3) is 3.23. The quantitative estimate of drug-likeness (QED) is 0.905. The second-order valence-corrected chi connectivity index (χ2v) is 5.65. The second-order valence-electron chi connectivity index (χ2n) is 5.21. The number of furan rings is 1. The molecule has 2 aromatic rings. The molecular formula is C16H21ClN2O. The Morgan fingerprint density at radius 2 is 1.80 bits per heavy atom. The molecular weight excluding hydrogens is 272 g/mol. The fraction of sp³-hybridized carbons (Fsp3) is 0.375. The highest BCUT2D eigenvalue weighted by molar-refractivity contribution is 6.30. The highest BCUT2D eigenvalue weighted by Gasteiger charge is 2.27. The van der Waals surface area contributed by atoms with Crippen LogP contribution >= 0.6 is 11.6 Å². The van der Waals surface area contributed by atoms with Crippen molar-refractivity contribution >= 4 is 11.6 Å². The lowest BCUT2D eigenvalue weighted by molar-refractivity contribution is 0.145. The summed E-state index contributed by atoms with van der Waals surface area (Å²) in [5.41, 5.74) is 7.35. The first-order valence-electron chi connectivity index (χ1n) is 6.77. The fourth-order valence-corrected chi connectivity index (χ4v) is 2.63. The average Bonchev–Trinajstić information content (AvgIpc) is 2.92. The van der Waals surface area contributed by atoms with E-state index in [0.29, 0.717) is 0 Å². The number of nitrogens with zero attached hydrogens (tertiary/aromatic N) is 1. The number of halogens is 1. The summed E-state index contributed by atoms with van der Waals surface area (Å²) in [6, 6.07) is 12.0. The second kappa shape index (κ2) is 6.44. The number of nitrogens with two attached hydrogens (primary N) is 1. The molecule has 4 heteroatoms. The van der Waals surface area contributed by atoms with Crippen LogP contribution < -0.4 is 5.73 Å². The summed E-state index contributed by atoms with van der Waals surface area (Å²) >= 11 is 5.94. The maximum absolute atomic E-state index is 6.15. The van der Waals surface area contributed by atoms with Gasteiger partial charge in [0.15, 0.2) is 0 Å². The summed E-state index contributed by atoms with van der Waals surface area (Å²) in [5.74, 6) is 0.892. The van der Waals surface area contributed by atoms with Crippen LogP contribution in [0.15, 0.2) is 47.1 Å². The summed E-state index contributed by atoms with van der Waals surface area (Å²) in [6.45, 7) is 4.15. The van der Waals surface area contributed by atoms with Gasteiger partial charge >= 0.3 is 0 Å². The Balaban J connectivity index is 2.23. The first kappa shape index (κ1) is 15.1. The van der Waals surface area contributed by atoms with E-state index >= 15 is 0 Å². The van der Waals surface area contributed by atoms with E-state index < -0.39 is 0 Å². The third-order valence-corrected chi connectivity index (χ3v) is 3.99. The number of rotatable bonds is 5. The summed E-state index contributed by atoms with van der Waals surface area (Å²) in [7, 11) is 2.07. The lowest BCUT2D eigenvalue weighted by Gasteiger charge is -2.34. The molecule has 0 radical (unpaired) electrons. The van der Waals surface area contributed by atoms with Crippen molar-refractivity contribution in [3.05, 3.63) is 59.0 Å². The Morgan fingerprint density at radius 1 is 1.15 bits per heavy atom. The summed E-state index contributed by atoms with van der Waals surface area (Å²) in [5, 5.41) is 0.749. The van der Waals surface area contributed by atoms with Gasteiger partial charge in [-0.2, -0.15) is 0 Å². The predicted octanol–water partition coefficient (Wildman–Crippen LogP) is 4.01. The molecule has 20 heavy (non-hydrogen) atoms. The molecule has 0 aliphatic rings. The molecule has 1 aromatic carbocycles. The van der Waals surface area contributed by atoms with E-state index in [-0.39, 0.29) is 18.1 Å². The van der Waals surface area contributed by atoms with Crippen LogP contribution in [0.4, 0.5) is 0 Å². The van der Waals surface area contributed by atoms with Gasteiger partial charge < -0.3 is 10.2 Å². The zero-order valence-corrected chi connectivity index (χ0v) is 12.8. The van der Waals surface area contributed by atoms with E-state index in [9.17, 15) is 0 Å². The normalized spacial score (nSPS) is 16.1. The minimum atomic E-state index is -0.0269. The van der Waals surface area contributed by atoms with Crippen LogP contribution in [0.2, 0.25) is 5.02 Å². The average molecular weight is 293 g/mol. The molecule has 0 fully saturated rings. The van der Waals surface area contributed by atoms with E-state index in [1.807, 2.05) is 43.3 Å². The molecule has 0 aliphatic heterocycles. The summed E-state index contributed by atoms with van der Waals surface area (Å²) in [4.78, 5) is 2.23. The van der Waals surface area contributed by atoms with Crippen LogP contribution in [0.5, 0.6) is 0 Å². The van der Waals surface area contributed by atoms with Gasteiger partial charge in [0.1, 0.15) is 5.76 Å². The molecule has 1 heterocycles. The van der Waals surface area contributed by atoms with Crippen molar-refractivity contribution in [2.24, 2.45) is 5.73 Å². The van der Waals surface area contributed by atoms with Gasteiger partial charge in [-0.25, -0.2) is 0 Å². The first-order valence-corrected chi connectivity index (χ1v) is 7.15. The molecule has 0 saturated carbocycles. The highest BCUT2D eigenvalue weighted by atomic mass is 35.5. The molecule has 3 nitrogen and oxygen atoms in total. The lowest BCUT2D eigenvalue weighted by Crippen LogP contribution is -2.38. The smallest absolute Gasteiger partial charge is 0.122 e. The van der Waals surface area contributed by atoms with Gasteiger partial charge in [0.25, 0.3) is 0 Å². The van der Waals surface area contributed by atoms with E-state index in [1.54, 1.807) is 6.26 Å². The van der Waals surface area contributed by atoms with Crippen molar-refractivity contribution in [1.82, 2.24) is 4.90 Å². The summed E-state index contributed by atoms with van der Waals surface area (Å²) in [6.07, 6.45) is 1.69. The Bertz CT molecular complexity index is 522. The summed E-state index contributed by atoms with van der Waals surface area (Å²) < 4.78 is 5.54. The van der Waals surface area contributed by atoms with Crippen molar-refractivity contribution < 1.29 is 4.42 Å². The SMILES string of the molecule is CC(N)C(c1ccco1)N(C)C(C)c1ccc(Cl)cc1. The zero-order valence-electron chi connectivity index (χ0n) is 12.1. The number of hydrogen-bond acceptors (Lipinski definition) is 3. The molecule has 0 saturated heterocycles. The van der Waals surface area contributed by atoms with E-state index in [1.165, 1.54) is 5.56 Å². The standard InChI is InChI=1S/C16H21ClN2O/c1-11(18)16(15-5-4-10-20-15)19(3)12(2)13-6-8-14(17)9-7-13/h4-12,16H,18H2,1-3H3. The largest absolute Gasteiger partial charge is 0.468 e. The van der Waals surface area contributed by atoms with E-state index in [4.69, 9.17) is 21.8 Å². The first-order chi connectivity index (χ1) is 9.50. The highest BCUT2D eigenvalue weighted by Crippen LogP contribution is 2.31. The Kier molecular flexibility index (Phi) is 4.86. The molecule has 0 spiro atoms. The van der Waals surface area contributed by atoms with Crippen LogP contribution in [0.1, 0.15) is 37.3 Å². The third-order valence-electron chi connectivity index (χ3n) is 3.73. The van der Waals surface area contributed by atoms with Gasteiger partial charge in [0, 0.05) is 17.1 Å². The van der Waals surface area contributed by atoms with Crippen molar-refractivity contribution in [2.75, 3.05) is 7.05 Å². The van der Waals surface area contributed by atoms with Crippen LogP contribution in [0.25, 0.3) is 0 Å². The van der Waals surface area contributed by atoms with Crippen LogP contribution in [0.3, 0.4) is 0 Å².